The van der Waals surface area contributed by atoms with Gasteiger partial charge in [-0.25, -0.2) is 4.79 Å². The molecule has 0 aliphatic carbocycles. The lowest BCUT2D eigenvalue weighted by Gasteiger charge is -2.25. The SMILES string of the molecule is O=C1N(C[C@@H]2CO2)CCN1c1cc(C(F)(F)F)cc(C(F)(F)F)c1OCc1ccccc1. The molecule has 2 saturated heterocycles. The molecule has 1 atom stereocenters. The molecule has 172 valence electrons. The van der Waals surface area contributed by atoms with Gasteiger partial charge < -0.3 is 14.4 Å². The summed E-state index contributed by atoms with van der Waals surface area (Å²) in [4.78, 5) is 15.0. The van der Waals surface area contributed by atoms with E-state index in [4.69, 9.17) is 9.47 Å². The van der Waals surface area contributed by atoms with E-state index in [-0.39, 0.29) is 38.4 Å². The predicted molar refractivity (Wildman–Crippen MR) is 101 cm³/mol. The Morgan fingerprint density at radius 3 is 2.28 bits per heavy atom. The molecule has 2 amide bonds. The van der Waals surface area contributed by atoms with E-state index in [0.717, 1.165) is 4.90 Å². The smallest absolute Gasteiger partial charge is 0.420 e. The summed E-state index contributed by atoms with van der Waals surface area (Å²) in [6.07, 6.45) is -10.3. The van der Waals surface area contributed by atoms with Gasteiger partial charge in [0.15, 0.2) is 5.75 Å². The molecule has 2 heterocycles. The second-order valence-corrected chi connectivity index (χ2v) is 7.48. The van der Waals surface area contributed by atoms with Crippen LogP contribution in [0.2, 0.25) is 0 Å². The number of hydrogen-bond donors (Lipinski definition) is 0. The number of anilines is 1. The lowest BCUT2D eigenvalue weighted by Crippen LogP contribution is -2.34. The fraction of sp³-hybridized carbons (Fsp3) is 0.381. The second-order valence-electron chi connectivity index (χ2n) is 7.48. The molecule has 0 N–H and O–H groups in total. The van der Waals surface area contributed by atoms with Crippen molar-refractivity contribution < 1.29 is 40.6 Å². The quantitative estimate of drug-likeness (QED) is 0.453. The Morgan fingerprint density at radius 1 is 1.00 bits per heavy atom. The van der Waals surface area contributed by atoms with Gasteiger partial charge in [-0.1, -0.05) is 30.3 Å². The minimum atomic E-state index is -5.13. The number of hydrogen-bond acceptors (Lipinski definition) is 3. The van der Waals surface area contributed by atoms with Gasteiger partial charge >= 0.3 is 18.4 Å². The summed E-state index contributed by atoms with van der Waals surface area (Å²) in [6.45, 7) is 0.432. The Balaban J connectivity index is 1.76. The monoisotopic (exact) mass is 460 g/mol. The lowest BCUT2D eigenvalue weighted by atomic mass is 10.1. The number of urea groups is 1. The van der Waals surface area contributed by atoms with E-state index in [1.54, 1.807) is 30.3 Å². The average Bonchev–Trinajstić information content (AvgIpc) is 3.47. The molecule has 2 aliphatic heterocycles. The maximum absolute atomic E-state index is 13.8. The van der Waals surface area contributed by atoms with Crippen molar-refractivity contribution in [2.45, 2.75) is 25.1 Å². The zero-order valence-corrected chi connectivity index (χ0v) is 16.5. The van der Waals surface area contributed by atoms with Crippen molar-refractivity contribution in [3.8, 4) is 5.75 Å². The third kappa shape index (κ3) is 4.77. The number of carbonyl (C=O) groups excluding carboxylic acids is 1. The van der Waals surface area contributed by atoms with Crippen molar-refractivity contribution in [2.75, 3.05) is 31.1 Å². The summed E-state index contributed by atoms with van der Waals surface area (Å²) in [5.41, 5.74) is -3.14. The summed E-state index contributed by atoms with van der Waals surface area (Å²) >= 11 is 0. The van der Waals surface area contributed by atoms with Crippen LogP contribution < -0.4 is 9.64 Å². The Labute approximate surface area is 179 Å². The normalized spacial score (nSPS) is 18.9. The number of alkyl halides is 6. The molecular formula is C21H18F6N2O3. The van der Waals surface area contributed by atoms with Gasteiger partial charge in [-0.2, -0.15) is 26.3 Å². The van der Waals surface area contributed by atoms with Crippen molar-refractivity contribution in [3.05, 3.63) is 59.2 Å². The predicted octanol–water partition coefficient (Wildman–Crippen LogP) is 4.94. The highest BCUT2D eigenvalue weighted by Crippen LogP contribution is 2.47. The molecular weight excluding hydrogens is 442 g/mol. The van der Waals surface area contributed by atoms with Crippen LogP contribution in [0.15, 0.2) is 42.5 Å². The molecule has 0 spiro atoms. The van der Waals surface area contributed by atoms with Gasteiger partial charge in [0, 0.05) is 13.1 Å². The van der Waals surface area contributed by atoms with Crippen LogP contribution in [0.25, 0.3) is 0 Å². The number of halogens is 6. The number of rotatable bonds is 6. The highest BCUT2D eigenvalue weighted by molar-refractivity contribution is 5.96. The van der Waals surface area contributed by atoms with Gasteiger partial charge in [0.2, 0.25) is 0 Å². The summed E-state index contributed by atoms with van der Waals surface area (Å²) in [7, 11) is 0. The second kappa shape index (κ2) is 8.19. The van der Waals surface area contributed by atoms with Crippen LogP contribution in [0.4, 0.5) is 36.8 Å². The summed E-state index contributed by atoms with van der Waals surface area (Å²) in [6, 6.07) is 8.07. The Morgan fingerprint density at radius 2 is 1.69 bits per heavy atom. The number of ether oxygens (including phenoxy) is 2. The standard InChI is InChI=1S/C21H18F6N2O3/c22-20(23,24)14-8-16(21(25,26)27)18(32-11-13-4-2-1-3-5-13)17(9-14)29-7-6-28(19(29)30)10-15-12-31-15/h1-5,8-9,15H,6-7,10-12H2/t15-/m1/s1. The summed E-state index contributed by atoms with van der Waals surface area (Å²) < 4.78 is 92.1. The highest BCUT2D eigenvalue weighted by atomic mass is 19.4. The highest BCUT2D eigenvalue weighted by Gasteiger charge is 2.43. The minimum Gasteiger partial charge on any atom is -0.486 e. The van der Waals surface area contributed by atoms with Crippen molar-refractivity contribution in [1.82, 2.24) is 4.90 Å². The van der Waals surface area contributed by atoms with Crippen LogP contribution in [0, 0.1) is 0 Å². The third-order valence-corrected chi connectivity index (χ3v) is 5.14. The zero-order valence-electron chi connectivity index (χ0n) is 16.5. The number of nitrogens with zero attached hydrogens (tertiary/aromatic N) is 2. The molecule has 0 unspecified atom stereocenters. The van der Waals surface area contributed by atoms with Gasteiger partial charge in [-0.3, -0.25) is 4.90 Å². The van der Waals surface area contributed by atoms with E-state index in [0.29, 0.717) is 18.2 Å². The van der Waals surface area contributed by atoms with Crippen LogP contribution in [0.3, 0.4) is 0 Å². The van der Waals surface area contributed by atoms with Crippen LogP contribution >= 0.6 is 0 Å². The first-order valence-corrected chi connectivity index (χ1v) is 9.71. The summed E-state index contributed by atoms with van der Waals surface area (Å²) in [5.74, 6) is -0.813. The van der Waals surface area contributed by atoms with E-state index in [9.17, 15) is 31.1 Å². The molecule has 2 fully saturated rings. The fourth-order valence-corrected chi connectivity index (χ4v) is 3.46. The molecule has 2 aliphatic rings. The van der Waals surface area contributed by atoms with Gasteiger partial charge in [0.05, 0.1) is 30.5 Å². The lowest BCUT2D eigenvalue weighted by molar-refractivity contribution is -0.143. The van der Waals surface area contributed by atoms with Crippen LogP contribution in [0.1, 0.15) is 16.7 Å². The van der Waals surface area contributed by atoms with E-state index in [1.807, 2.05) is 0 Å². The van der Waals surface area contributed by atoms with Gasteiger partial charge in [0.1, 0.15) is 12.2 Å². The maximum atomic E-state index is 13.8. The van der Waals surface area contributed by atoms with E-state index < -0.39 is 40.9 Å². The van der Waals surface area contributed by atoms with E-state index >= 15 is 0 Å². The molecule has 0 radical (unpaired) electrons. The van der Waals surface area contributed by atoms with Gasteiger partial charge in [-0.05, 0) is 17.7 Å². The number of epoxide rings is 1. The molecule has 11 heteroatoms. The number of amides is 2. The molecule has 0 saturated carbocycles. The maximum Gasteiger partial charge on any atom is 0.420 e. The molecule has 5 nitrogen and oxygen atoms in total. The first-order valence-electron chi connectivity index (χ1n) is 9.71. The Hall–Kier alpha value is -2.95. The Bertz CT molecular complexity index is 990. The van der Waals surface area contributed by atoms with Crippen molar-refractivity contribution in [1.29, 1.82) is 0 Å². The van der Waals surface area contributed by atoms with E-state index in [2.05, 4.69) is 0 Å². The van der Waals surface area contributed by atoms with Crippen molar-refractivity contribution in [3.63, 3.8) is 0 Å². The van der Waals surface area contributed by atoms with Crippen molar-refractivity contribution >= 4 is 11.7 Å². The number of carbonyl (C=O) groups is 1. The Kier molecular flexibility index (Phi) is 5.70. The van der Waals surface area contributed by atoms with Crippen LogP contribution in [0.5, 0.6) is 5.75 Å². The molecule has 2 aromatic rings. The molecule has 4 rings (SSSR count). The topological polar surface area (TPSA) is 45.3 Å². The van der Waals surface area contributed by atoms with Crippen molar-refractivity contribution in [2.24, 2.45) is 0 Å². The van der Waals surface area contributed by atoms with Gasteiger partial charge in [-0.15, -0.1) is 0 Å². The number of benzene rings is 2. The first kappa shape index (κ1) is 22.3. The minimum absolute atomic E-state index is 0.0141. The zero-order chi connectivity index (χ0) is 23.1. The van der Waals surface area contributed by atoms with E-state index in [1.165, 1.54) is 4.90 Å². The molecule has 32 heavy (non-hydrogen) atoms. The van der Waals surface area contributed by atoms with Crippen LogP contribution in [-0.4, -0.2) is 43.3 Å². The molecule has 2 aromatic carbocycles. The van der Waals surface area contributed by atoms with Crippen LogP contribution in [-0.2, 0) is 23.7 Å². The largest absolute Gasteiger partial charge is 0.486 e. The molecule has 0 bridgehead atoms. The molecule has 0 aromatic heterocycles. The third-order valence-electron chi connectivity index (χ3n) is 5.14. The first-order chi connectivity index (χ1) is 15.0. The average molecular weight is 460 g/mol. The van der Waals surface area contributed by atoms with Gasteiger partial charge in [0.25, 0.3) is 0 Å². The fourth-order valence-electron chi connectivity index (χ4n) is 3.46. The summed E-state index contributed by atoms with van der Waals surface area (Å²) in [5, 5.41) is 0.